The summed E-state index contributed by atoms with van der Waals surface area (Å²) in [6.45, 7) is 1.81. The summed E-state index contributed by atoms with van der Waals surface area (Å²) in [6.07, 6.45) is -10.2. The number of carboxylic acids is 2. The normalized spacial score (nSPS) is 16.3. The van der Waals surface area contributed by atoms with Crippen LogP contribution >= 0.6 is 0 Å². The van der Waals surface area contributed by atoms with Crippen molar-refractivity contribution in [2.24, 2.45) is 16.8 Å². The molecule has 0 unspecified atom stereocenters. The Labute approximate surface area is 275 Å². The Morgan fingerprint density at radius 2 is 1.43 bits per heavy atom. The van der Waals surface area contributed by atoms with Gasteiger partial charge in [0.25, 0.3) is 0 Å². The van der Waals surface area contributed by atoms with Crippen LogP contribution in [0.15, 0.2) is 77.7 Å². The molecule has 0 spiro atoms. The average molecular weight is 721 g/mol. The van der Waals surface area contributed by atoms with Crippen LogP contribution < -0.4 is 10.9 Å². The van der Waals surface area contributed by atoms with E-state index in [4.69, 9.17) is 40.8 Å². The second-order valence-corrected chi connectivity index (χ2v) is 11.8. The number of halogens is 6. The van der Waals surface area contributed by atoms with Crippen molar-refractivity contribution in [3.63, 3.8) is 0 Å². The van der Waals surface area contributed by atoms with Gasteiger partial charge in [-0.15, -0.1) is 0 Å². The van der Waals surface area contributed by atoms with E-state index >= 15 is 0 Å². The first-order valence-electron chi connectivity index (χ1n) is 13.6. The maximum absolute atomic E-state index is 12.6. The number of primary sulfonamides is 1. The van der Waals surface area contributed by atoms with E-state index in [0.717, 1.165) is 16.7 Å². The smallest absolute Gasteiger partial charge is 0.475 e. The lowest BCUT2D eigenvalue weighted by molar-refractivity contribution is -0.193. The Morgan fingerprint density at radius 3 is 1.90 bits per heavy atom. The van der Waals surface area contributed by atoms with E-state index in [0.29, 0.717) is 30.8 Å². The largest absolute Gasteiger partial charge is 0.490 e. The van der Waals surface area contributed by atoms with E-state index < -0.39 is 34.3 Å². The van der Waals surface area contributed by atoms with Gasteiger partial charge < -0.3 is 20.7 Å². The number of likely N-dealkylation sites (tertiary alicyclic amines) is 1. The molecule has 266 valence electrons. The Kier molecular flexibility index (Phi) is 13.4. The number of carbonyl (C=O) groups excluding carboxylic acids is 1. The minimum Gasteiger partial charge on any atom is -0.475 e. The van der Waals surface area contributed by atoms with E-state index in [1.807, 2.05) is 42.5 Å². The molecule has 1 saturated heterocycles. The van der Waals surface area contributed by atoms with Gasteiger partial charge in [-0.25, -0.2) is 23.1 Å². The molecule has 2 atom stereocenters. The summed E-state index contributed by atoms with van der Waals surface area (Å²) in [4.78, 5) is 32.6. The van der Waals surface area contributed by atoms with E-state index in [1.54, 1.807) is 24.3 Å². The van der Waals surface area contributed by atoms with E-state index in [9.17, 15) is 39.6 Å². The molecule has 1 heterocycles. The van der Waals surface area contributed by atoms with Crippen molar-refractivity contribution >= 4 is 33.8 Å². The van der Waals surface area contributed by atoms with E-state index in [2.05, 4.69) is 4.90 Å². The number of benzene rings is 3. The predicted molar refractivity (Wildman–Crippen MR) is 162 cm³/mol. The molecule has 0 aromatic heterocycles. The summed E-state index contributed by atoms with van der Waals surface area (Å²) in [6, 6.07) is 21.7. The van der Waals surface area contributed by atoms with Crippen molar-refractivity contribution in [3.05, 3.63) is 89.5 Å². The Hall–Kier alpha value is -5.01. The number of hydrogen-bond acceptors (Lipinski definition) is 8. The summed E-state index contributed by atoms with van der Waals surface area (Å²) in [7, 11) is -2.45. The third kappa shape index (κ3) is 11.9. The molecule has 3 aromatic carbocycles. The number of hydrogen-bond donors (Lipinski definition) is 5. The lowest BCUT2D eigenvalue weighted by atomic mass is 9.88. The molecule has 19 heteroatoms. The highest BCUT2D eigenvalue weighted by atomic mass is 32.2. The number of carboxylic acid groups (broad SMARTS) is 2. The van der Waals surface area contributed by atoms with Crippen LogP contribution in [0.1, 0.15) is 22.6 Å². The van der Waals surface area contributed by atoms with E-state index in [-0.39, 0.29) is 28.5 Å². The summed E-state index contributed by atoms with van der Waals surface area (Å²) >= 11 is 0. The average Bonchev–Trinajstić information content (AvgIpc) is 3.44. The molecule has 0 radical (unpaired) electrons. The fourth-order valence-electron chi connectivity index (χ4n) is 4.68. The molecule has 4 rings (SSSR count). The summed E-state index contributed by atoms with van der Waals surface area (Å²) < 4.78 is 92.5. The van der Waals surface area contributed by atoms with Crippen molar-refractivity contribution < 1.29 is 64.1 Å². The molecule has 3 aromatic rings. The topological polar surface area (TPSA) is 214 Å². The Morgan fingerprint density at radius 1 is 0.898 bits per heavy atom. The van der Waals surface area contributed by atoms with E-state index in [1.165, 1.54) is 13.2 Å². The van der Waals surface area contributed by atoms with Crippen LogP contribution in [0.5, 0.6) is 0 Å². The molecule has 0 saturated carbocycles. The molecule has 0 amide bonds. The van der Waals surface area contributed by atoms with Gasteiger partial charge in [0, 0.05) is 36.7 Å². The number of nitrogens with zero attached hydrogens (tertiary/aromatic N) is 1. The van der Waals surface area contributed by atoms with Crippen molar-refractivity contribution in [2.45, 2.75) is 29.7 Å². The van der Waals surface area contributed by atoms with Crippen molar-refractivity contribution in [2.75, 3.05) is 20.2 Å². The second kappa shape index (κ2) is 16.4. The van der Waals surface area contributed by atoms with Crippen molar-refractivity contribution in [1.82, 2.24) is 4.90 Å². The van der Waals surface area contributed by atoms with Gasteiger partial charge in [-0.3, -0.25) is 15.1 Å². The van der Waals surface area contributed by atoms with Crippen LogP contribution in [0.4, 0.5) is 26.3 Å². The zero-order valence-corrected chi connectivity index (χ0v) is 26.1. The number of nitrogen functional groups attached to an aromatic ring is 1. The minimum atomic E-state index is -5.08. The van der Waals surface area contributed by atoms with Gasteiger partial charge >= 0.3 is 30.3 Å². The van der Waals surface area contributed by atoms with Gasteiger partial charge in [0.1, 0.15) is 5.84 Å². The molecule has 1 aliphatic heterocycles. The summed E-state index contributed by atoms with van der Waals surface area (Å²) in [5.74, 6) is -6.20. The molecule has 0 aliphatic carbocycles. The lowest BCUT2D eigenvalue weighted by Crippen LogP contribution is -2.24. The van der Waals surface area contributed by atoms with Crippen LogP contribution in [0, 0.1) is 11.3 Å². The highest BCUT2D eigenvalue weighted by molar-refractivity contribution is 7.89. The van der Waals surface area contributed by atoms with Gasteiger partial charge in [-0.1, -0.05) is 60.7 Å². The second-order valence-electron chi connectivity index (χ2n) is 10.3. The van der Waals surface area contributed by atoms with Crippen molar-refractivity contribution in [1.29, 1.82) is 5.41 Å². The fourth-order valence-corrected chi connectivity index (χ4v) is 5.44. The number of carbonyl (C=O) groups is 3. The Bertz CT molecular complexity index is 1740. The Balaban J connectivity index is 0.000000500. The monoisotopic (exact) mass is 720 g/mol. The predicted octanol–water partition coefficient (Wildman–Crippen LogP) is 3.94. The maximum atomic E-state index is 12.6. The van der Waals surface area contributed by atoms with Crippen LogP contribution in [0.2, 0.25) is 0 Å². The van der Waals surface area contributed by atoms with Crippen LogP contribution in [-0.4, -0.2) is 79.8 Å². The number of esters is 1. The highest BCUT2D eigenvalue weighted by Gasteiger charge is 2.40. The molecule has 1 aliphatic rings. The number of rotatable bonds is 7. The molecular formula is C30H30F6N4O8S. The molecule has 12 nitrogen and oxygen atoms in total. The number of ether oxygens (including phenoxy) is 1. The number of nitrogens with two attached hydrogens (primary N) is 2. The van der Waals surface area contributed by atoms with Crippen LogP contribution in [-0.2, 0) is 35.7 Å². The third-order valence-electron chi connectivity index (χ3n) is 6.87. The lowest BCUT2D eigenvalue weighted by Gasteiger charge is -2.17. The van der Waals surface area contributed by atoms with Crippen molar-refractivity contribution in [3.8, 4) is 11.1 Å². The number of alkyl halides is 6. The number of sulfonamides is 1. The number of aliphatic carboxylic acids is 2. The number of nitrogens with one attached hydrogen (secondary N) is 1. The molecule has 7 N–H and O–H groups in total. The minimum absolute atomic E-state index is 0.0135. The first-order chi connectivity index (χ1) is 22.6. The number of methoxy groups -OCH3 is 1. The first-order valence-corrected chi connectivity index (χ1v) is 15.2. The van der Waals surface area contributed by atoms with Gasteiger partial charge in [-0.2, -0.15) is 26.3 Å². The first kappa shape index (κ1) is 40.2. The standard InChI is InChI=1S/C26H28N4O4S.2C2HF3O2/c1-34-26(31)23-16-30(15-22(23)19-5-4-6-20(13-19)25(27)28)14-17-9-11-18(12-10-17)21-7-2-3-8-24(21)35(29,32)33;2*3-2(4,5)1(6)7/h2-13,22-23H,14-16H2,1H3,(H3,27,28)(H2,29,32,33);2*(H,6,7)/t22-,23-;;/m0../s1. The van der Waals surface area contributed by atoms with Crippen LogP contribution in [0.25, 0.3) is 11.1 Å². The zero-order valence-electron chi connectivity index (χ0n) is 25.3. The quantitative estimate of drug-likeness (QED) is 0.103. The SMILES string of the molecule is COC(=O)[C@H]1CN(Cc2ccc(-c3ccccc3S(N)(=O)=O)cc2)C[C@H]1c1cccc(C(=N)N)c1.O=C(O)C(F)(F)F.O=C(O)C(F)(F)F. The van der Waals surface area contributed by atoms with Gasteiger partial charge in [-0.05, 0) is 28.8 Å². The molecular weight excluding hydrogens is 690 g/mol. The van der Waals surface area contributed by atoms with Gasteiger partial charge in [0.15, 0.2) is 0 Å². The molecule has 49 heavy (non-hydrogen) atoms. The third-order valence-corrected chi connectivity index (χ3v) is 7.84. The summed E-state index contributed by atoms with van der Waals surface area (Å²) in [5.41, 5.74) is 9.58. The summed E-state index contributed by atoms with van der Waals surface area (Å²) in [5, 5.41) is 27.4. The van der Waals surface area contributed by atoms with Gasteiger partial charge in [0.05, 0.1) is 17.9 Å². The fraction of sp³-hybridized carbons (Fsp3) is 0.267. The maximum Gasteiger partial charge on any atom is 0.490 e. The van der Waals surface area contributed by atoms with Crippen LogP contribution in [0.3, 0.4) is 0 Å². The highest BCUT2D eigenvalue weighted by Crippen LogP contribution is 2.35. The number of amidine groups is 1. The molecule has 1 fully saturated rings. The van der Waals surface area contributed by atoms with Gasteiger partial charge in [0.2, 0.25) is 10.0 Å². The molecule has 0 bridgehead atoms. The zero-order chi connectivity index (χ0) is 37.3.